The lowest BCUT2D eigenvalue weighted by molar-refractivity contribution is -0.190. The molecule has 7 rings (SSSR count). The fourth-order valence-electron chi connectivity index (χ4n) is 6.51. The van der Waals surface area contributed by atoms with Gasteiger partial charge >= 0.3 is 11.9 Å². The van der Waals surface area contributed by atoms with Crippen molar-refractivity contribution in [2.75, 3.05) is 6.16 Å². The van der Waals surface area contributed by atoms with Gasteiger partial charge in [0.25, 0.3) is 0 Å². The molecule has 0 radical (unpaired) electrons. The zero-order valence-electron chi connectivity index (χ0n) is 23.3. The summed E-state index contributed by atoms with van der Waals surface area (Å²) in [6, 6.07) is 35.2. The van der Waals surface area contributed by atoms with Gasteiger partial charge in [0, 0.05) is 10.8 Å². The molecule has 41 heavy (non-hydrogen) atoms. The van der Waals surface area contributed by atoms with Gasteiger partial charge < -0.3 is 9.47 Å². The van der Waals surface area contributed by atoms with Gasteiger partial charge in [-0.05, 0) is 78.4 Å². The summed E-state index contributed by atoms with van der Waals surface area (Å²) in [6.45, 7) is 2.17. The third-order valence-electron chi connectivity index (χ3n) is 9.28. The molecule has 4 aromatic carbocycles. The summed E-state index contributed by atoms with van der Waals surface area (Å²) in [7, 11) is 2.86. The summed E-state index contributed by atoms with van der Waals surface area (Å²) in [5, 5.41) is 0. The molecule has 3 aliphatic carbocycles. The van der Waals surface area contributed by atoms with Gasteiger partial charge in [-0.1, -0.05) is 91.9 Å². The smallest absolute Gasteiger partial charge is 0.338 e. The molecule has 0 aliphatic heterocycles. The first-order valence-electron chi connectivity index (χ1n) is 14.3. The molecule has 0 heterocycles. The van der Waals surface area contributed by atoms with E-state index in [-0.39, 0.29) is 22.8 Å². The average Bonchev–Trinajstić information content (AvgIpc) is 3.04. The Balaban J connectivity index is 1.23. The molecule has 3 saturated carbocycles. The molecule has 2 bridgehead atoms. The molecule has 3 fully saturated rings. The van der Waals surface area contributed by atoms with Gasteiger partial charge in [-0.2, -0.15) is 0 Å². The number of hydrogen-bond acceptors (Lipinski definition) is 4. The van der Waals surface area contributed by atoms with E-state index in [1.807, 2.05) is 109 Å². The maximum absolute atomic E-state index is 13.5. The summed E-state index contributed by atoms with van der Waals surface area (Å²) in [6.07, 6.45) is 3.52. The third kappa shape index (κ3) is 5.34. The second-order valence-electron chi connectivity index (χ2n) is 11.8. The van der Waals surface area contributed by atoms with Gasteiger partial charge in [0.05, 0.1) is 11.1 Å². The van der Waals surface area contributed by atoms with Crippen LogP contribution in [0, 0.1) is 10.8 Å². The van der Waals surface area contributed by atoms with E-state index in [1.54, 1.807) is 0 Å². The van der Waals surface area contributed by atoms with Crippen LogP contribution in [-0.4, -0.2) is 30.3 Å². The van der Waals surface area contributed by atoms with Crippen LogP contribution in [0.4, 0.5) is 0 Å². The predicted molar refractivity (Wildman–Crippen MR) is 166 cm³/mol. The van der Waals surface area contributed by atoms with Crippen molar-refractivity contribution in [1.29, 1.82) is 0 Å². The van der Waals surface area contributed by atoms with Crippen LogP contribution < -0.4 is 0 Å². The standard InChI is InChI=1S/C36H35O4P/c1-35-20-22-36(24-41,23-21-35)32(40-34(38)30-18-14-28(15-19-30)26-10-6-3-7-11-26)31(35)39-33(37)29-16-12-27(13-17-29)25-8-4-2-5-9-25/h2-19,31-32H,20-24,41H2,1H3. The quantitative estimate of drug-likeness (QED) is 0.168. The Morgan fingerprint density at radius 1 is 0.610 bits per heavy atom. The lowest BCUT2D eigenvalue weighted by Crippen LogP contribution is -2.63. The highest BCUT2D eigenvalue weighted by Crippen LogP contribution is 2.59. The normalized spacial score (nSPS) is 24.9. The SMILES string of the molecule is CC12CCC(CP)(CC1)C(OC(=O)c1ccc(-c3ccccc3)cc1)C2OC(=O)c1ccc(-c2ccccc2)cc1. The van der Waals surface area contributed by atoms with E-state index < -0.39 is 12.2 Å². The third-order valence-corrected chi connectivity index (χ3v) is 10.1. The van der Waals surface area contributed by atoms with Crippen LogP contribution in [-0.2, 0) is 9.47 Å². The van der Waals surface area contributed by atoms with Crippen LogP contribution in [0.1, 0.15) is 53.3 Å². The zero-order valence-corrected chi connectivity index (χ0v) is 24.4. The van der Waals surface area contributed by atoms with Crippen LogP contribution in [0.2, 0.25) is 0 Å². The van der Waals surface area contributed by atoms with Crippen molar-refractivity contribution in [2.24, 2.45) is 10.8 Å². The molecule has 0 saturated heterocycles. The van der Waals surface area contributed by atoms with E-state index in [9.17, 15) is 9.59 Å². The van der Waals surface area contributed by atoms with E-state index >= 15 is 0 Å². The minimum atomic E-state index is -0.514. The highest BCUT2D eigenvalue weighted by molar-refractivity contribution is 7.16. The van der Waals surface area contributed by atoms with Crippen molar-refractivity contribution in [3.05, 3.63) is 120 Å². The van der Waals surface area contributed by atoms with Gasteiger partial charge in [-0.3, -0.25) is 0 Å². The number of ether oxygens (including phenoxy) is 2. The van der Waals surface area contributed by atoms with Crippen LogP contribution in [0.15, 0.2) is 109 Å². The van der Waals surface area contributed by atoms with Gasteiger partial charge in [-0.25, -0.2) is 9.59 Å². The van der Waals surface area contributed by atoms with Crippen molar-refractivity contribution in [1.82, 2.24) is 0 Å². The summed E-state index contributed by atoms with van der Waals surface area (Å²) in [5.74, 6) is -0.757. The first-order valence-corrected chi connectivity index (χ1v) is 15.2. The van der Waals surface area contributed by atoms with Crippen molar-refractivity contribution in [2.45, 2.75) is 44.8 Å². The van der Waals surface area contributed by atoms with Crippen LogP contribution >= 0.6 is 9.24 Å². The van der Waals surface area contributed by atoms with E-state index in [4.69, 9.17) is 9.47 Å². The Labute approximate surface area is 244 Å². The largest absolute Gasteiger partial charge is 0.454 e. The molecular formula is C36H35O4P. The molecule has 4 nitrogen and oxygen atoms in total. The van der Waals surface area contributed by atoms with Crippen LogP contribution in [0.5, 0.6) is 0 Å². The fourth-order valence-corrected chi connectivity index (χ4v) is 7.15. The van der Waals surface area contributed by atoms with Crippen LogP contribution in [0.3, 0.4) is 0 Å². The zero-order chi connectivity index (χ0) is 28.5. The minimum absolute atomic E-state index is 0.232. The number of fused-ring (bicyclic) bond motifs is 3. The van der Waals surface area contributed by atoms with E-state index in [0.717, 1.165) is 54.1 Å². The number of esters is 2. The molecular weight excluding hydrogens is 527 g/mol. The van der Waals surface area contributed by atoms with Crippen LogP contribution in [0.25, 0.3) is 22.3 Å². The topological polar surface area (TPSA) is 52.6 Å². The monoisotopic (exact) mass is 562 g/mol. The van der Waals surface area contributed by atoms with E-state index in [1.165, 1.54) is 0 Å². The second kappa shape index (κ2) is 11.3. The minimum Gasteiger partial charge on any atom is -0.454 e. The van der Waals surface area contributed by atoms with Gasteiger partial charge in [0.15, 0.2) is 0 Å². The Hall–Kier alpha value is -3.75. The average molecular weight is 563 g/mol. The maximum atomic E-state index is 13.5. The van der Waals surface area contributed by atoms with Gasteiger partial charge in [0.2, 0.25) is 0 Å². The summed E-state index contributed by atoms with van der Waals surface area (Å²) < 4.78 is 12.6. The maximum Gasteiger partial charge on any atom is 0.338 e. The Kier molecular flexibility index (Phi) is 7.53. The number of carbonyl (C=O) groups excluding carboxylic acids is 2. The molecule has 3 unspecified atom stereocenters. The molecule has 3 aliphatic rings. The first-order chi connectivity index (χ1) is 19.9. The van der Waals surface area contributed by atoms with Crippen molar-refractivity contribution in [3.8, 4) is 22.3 Å². The Morgan fingerprint density at radius 3 is 1.41 bits per heavy atom. The summed E-state index contributed by atoms with van der Waals surface area (Å²) in [5.41, 5.74) is 4.78. The molecule has 4 aromatic rings. The van der Waals surface area contributed by atoms with Crippen molar-refractivity contribution >= 4 is 21.2 Å². The van der Waals surface area contributed by atoms with Gasteiger partial charge in [0.1, 0.15) is 12.2 Å². The van der Waals surface area contributed by atoms with E-state index in [2.05, 4.69) is 16.2 Å². The lowest BCUT2D eigenvalue weighted by Gasteiger charge is -2.59. The summed E-state index contributed by atoms with van der Waals surface area (Å²) >= 11 is 0. The highest BCUT2D eigenvalue weighted by atomic mass is 31.0. The first kappa shape index (κ1) is 27.4. The number of benzene rings is 4. The predicted octanol–water partition coefficient (Wildman–Crippen LogP) is 8.23. The molecule has 3 atom stereocenters. The molecule has 0 amide bonds. The number of hydrogen-bond donors (Lipinski definition) is 0. The lowest BCUT2D eigenvalue weighted by atomic mass is 9.52. The molecule has 208 valence electrons. The van der Waals surface area contributed by atoms with E-state index in [0.29, 0.717) is 11.1 Å². The highest BCUT2D eigenvalue weighted by Gasteiger charge is 2.61. The molecule has 0 N–H and O–H groups in total. The fraction of sp³-hybridized carbons (Fsp3) is 0.278. The van der Waals surface area contributed by atoms with Gasteiger partial charge in [-0.15, -0.1) is 9.24 Å². The van der Waals surface area contributed by atoms with Crippen molar-refractivity contribution in [3.63, 3.8) is 0 Å². The molecule has 0 aromatic heterocycles. The molecule has 5 heteroatoms. The number of rotatable bonds is 7. The Bertz CT molecular complexity index is 1510. The number of carbonyl (C=O) groups is 2. The Morgan fingerprint density at radius 2 is 1.00 bits per heavy atom. The summed E-state index contributed by atoms with van der Waals surface area (Å²) in [4.78, 5) is 27.0. The molecule has 0 spiro atoms. The second-order valence-corrected chi connectivity index (χ2v) is 12.2. The van der Waals surface area contributed by atoms with Crippen molar-refractivity contribution < 1.29 is 19.1 Å².